The monoisotopic (exact) mass is 267 g/mol. The number of hydrogen-bond acceptors (Lipinski definition) is 4. The molecule has 2 aromatic rings. The van der Waals surface area contributed by atoms with Crippen LogP contribution in [0.4, 0.5) is 10.3 Å². The van der Waals surface area contributed by atoms with Gasteiger partial charge >= 0.3 is 0 Å². The number of halogens is 1. The van der Waals surface area contributed by atoms with Crippen LogP contribution in [0.3, 0.4) is 0 Å². The normalized spacial score (nSPS) is 12.8. The number of hydrogen-bond donors (Lipinski definition) is 1. The molecule has 0 amide bonds. The molecule has 2 rings (SSSR count). The molecule has 6 heteroatoms. The van der Waals surface area contributed by atoms with Gasteiger partial charge in [-0.15, -0.1) is 0 Å². The predicted molar refractivity (Wildman–Crippen MR) is 71.7 cm³/mol. The van der Waals surface area contributed by atoms with Crippen LogP contribution in [0.15, 0.2) is 12.1 Å². The number of methoxy groups -OCH3 is 2. The van der Waals surface area contributed by atoms with Gasteiger partial charge in [0.05, 0.1) is 24.8 Å². The van der Waals surface area contributed by atoms with E-state index in [1.54, 1.807) is 13.2 Å². The van der Waals surface area contributed by atoms with Gasteiger partial charge < -0.3 is 19.8 Å². The van der Waals surface area contributed by atoms with Gasteiger partial charge in [-0.25, -0.2) is 9.37 Å². The van der Waals surface area contributed by atoms with Crippen LogP contribution >= 0.6 is 0 Å². The van der Waals surface area contributed by atoms with Crippen molar-refractivity contribution in [3.8, 4) is 5.75 Å². The number of rotatable bonds is 5. The molecular weight excluding hydrogens is 249 g/mol. The highest BCUT2D eigenvalue weighted by atomic mass is 19.1. The fourth-order valence-corrected chi connectivity index (χ4v) is 2.14. The molecule has 19 heavy (non-hydrogen) atoms. The standard InChI is InChI=1S/C13H18FN3O2/c1-8(7-18-2)6-17-11-5-12(19-3)9(14)4-10(11)16-13(17)15/h4-5,8H,6-7H2,1-3H3,(H2,15,16). The van der Waals surface area contributed by atoms with Crippen LogP contribution < -0.4 is 10.5 Å². The predicted octanol–water partition coefficient (Wildman–Crippen LogP) is 2.05. The molecule has 1 heterocycles. The smallest absolute Gasteiger partial charge is 0.201 e. The van der Waals surface area contributed by atoms with Crippen molar-refractivity contribution in [2.24, 2.45) is 5.92 Å². The van der Waals surface area contributed by atoms with E-state index in [0.717, 1.165) is 5.52 Å². The SMILES string of the molecule is COCC(C)Cn1c(N)nc2cc(F)c(OC)cc21. The van der Waals surface area contributed by atoms with Crippen LogP contribution in [0, 0.1) is 11.7 Å². The molecule has 0 aliphatic carbocycles. The third kappa shape index (κ3) is 2.63. The molecular formula is C13H18FN3O2. The number of imidazole rings is 1. The average Bonchev–Trinajstić information content (AvgIpc) is 2.64. The zero-order chi connectivity index (χ0) is 14.0. The van der Waals surface area contributed by atoms with E-state index in [1.165, 1.54) is 13.2 Å². The highest BCUT2D eigenvalue weighted by Crippen LogP contribution is 2.26. The lowest BCUT2D eigenvalue weighted by Gasteiger charge is -2.13. The van der Waals surface area contributed by atoms with Gasteiger partial charge in [0.15, 0.2) is 11.6 Å². The first-order chi connectivity index (χ1) is 9.06. The summed E-state index contributed by atoms with van der Waals surface area (Å²) < 4.78 is 25.6. The summed E-state index contributed by atoms with van der Waals surface area (Å²) in [5, 5.41) is 0. The van der Waals surface area contributed by atoms with E-state index in [-0.39, 0.29) is 11.7 Å². The Morgan fingerprint density at radius 3 is 2.79 bits per heavy atom. The largest absolute Gasteiger partial charge is 0.494 e. The fraction of sp³-hybridized carbons (Fsp3) is 0.462. The van der Waals surface area contributed by atoms with Crippen molar-refractivity contribution in [1.29, 1.82) is 0 Å². The van der Waals surface area contributed by atoms with E-state index < -0.39 is 5.82 Å². The molecule has 5 nitrogen and oxygen atoms in total. The summed E-state index contributed by atoms with van der Waals surface area (Å²) in [6.07, 6.45) is 0. The summed E-state index contributed by atoms with van der Waals surface area (Å²) >= 11 is 0. The Morgan fingerprint density at radius 1 is 1.42 bits per heavy atom. The molecule has 1 atom stereocenters. The second-order valence-electron chi connectivity index (χ2n) is 4.62. The maximum Gasteiger partial charge on any atom is 0.201 e. The number of nitrogen functional groups attached to an aromatic ring is 1. The Kier molecular flexibility index (Phi) is 3.90. The number of nitrogens with zero attached hydrogens (tertiary/aromatic N) is 2. The number of aromatic nitrogens is 2. The Balaban J connectivity index is 2.45. The third-order valence-electron chi connectivity index (χ3n) is 3.00. The Hall–Kier alpha value is -1.82. The molecule has 2 N–H and O–H groups in total. The van der Waals surface area contributed by atoms with Crippen molar-refractivity contribution >= 4 is 17.0 Å². The van der Waals surface area contributed by atoms with Gasteiger partial charge in [-0.1, -0.05) is 6.92 Å². The number of nitrogens with two attached hydrogens (primary N) is 1. The molecule has 0 radical (unpaired) electrons. The lowest BCUT2D eigenvalue weighted by atomic mass is 10.2. The van der Waals surface area contributed by atoms with E-state index >= 15 is 0 Å². The minimum Gasteiger partial charge on any atom is -0.494 e. The van der Waals surface area contributed by atoms with Gasteiger partial charge in [0.2, 0.25) is 5.95 Å². The van der Waals surface area contributed by atoms with Crippen molar-refractivity contribution in [3.63, 3.8) is 0 Å². The molecule has 0 fully saturated rings. The fourth-order valence-electron chi connectivity index (χ4n) is 2.14. The molecule has 0 saturated heterocycles. The average molecular weight is 267 g/mol. The van der Waals surface area contributed by atoms with Gasteiger partial charge in [-0.2, -0.15) is 0 Å². The lowest BCUT2D eigenvalue weighted by Crippen LogP contribution is -2.14. The summed E-state index contributed by atoms with van der Waals surface area (Å²) in [7, 11) is 3.09. The third-order valence-corrected chi connectivity index (χ3v) is 3.00. The quantitative estimate of drug-likeness (QED) is 0.900. The van der Waals surface area contributed by atoms with Gasteiger partial charge in [-0.05, 0) is 5.92 Å². The van der Waals surface area contributed by atoms with Gasteiger partial charge in [0.25, 0.3) is 0 Å². The summed E-state index contributed by atoms with van der Waals surface area (Å²) in [4.78, 5) is 4.17. The van der Waals surface area contributed by atoms with E-state index in [9.17, 15) is 4.39 Å². The van der Waals surface area contributed by atoms with Crippen LogP contribution in [0.1, 0.15) is 6.92 Å². The lowest BCUT2D eigenvalue weighted by molar-refractivity contribution is 0.152. The van der Waals surface area contributed by atoms with E-state index in [0.29, 0.717) is 24.6 Å². The van der Waals surface area contributed by atoms with Crippen LogP contribution in [-0.4, -0.2) is 30.4 Å². The van der Waals surface area contributed by atoms with Crippen molar-refractivity contribution in [3.05, 3.63) is 17.9 Å². The molecule has 1 aromatic heterocycles. The Bertz CT molecular complexity index is 583. The summed E-state index contributed by atoms with van der Waals surface area (Å²) in [6, 6.07) is 2.95. The van der Waals surface area contributed by atoms with Crippen molar-refractivity contribution in [2.75, 3.05) is 26.6 Å². The van der Waals surface area contributed by atoms with Crippen LogP contribution in [0.2, 0.25) is 0 Å². The highest BCUT2D eigenvalue weighted by molar-refractivity contribution is 5.80. The molecule has 1 unspecified atom stereocenters. The van der Waals surface area contributed by atoms with E-state index in [1.807, 2.05) is 4.57 Å². The van der Waals surface area contributed by atoms with Crippen LogP contribution in [0.25, 0.3) is 11.0 Å². The molecule has 1 aromatic carbocycles. The van der Waals surface area contributed by atoms with Crippen LogP contribution in [0.5, 0.6) is 5.75 Å². The Morgan fingerprint density at radius 2 is 2.16 bits per heavy atom. The maximum absolute atomic E-state index is 13.6. The van der Waals surface area contributed by atoms with Crippen molar-refractivity contribution in [2.45, 2.75) is 13.5 Å². The van der Waals surface area contributed by atoms with E-state index in [2.05, 4.69) is 11.9 Å². The van der Waals surface area contributed by atoms with E-state index in [4.69, 9.17) is 15.2 Å². The van der Waals surface area contributed by atoms with Gasteiger partial charge in [0.1, 0.15) is 0 Å². The second kappa shape index (κ2) is 5.44. The molecule has 0 aliphatic heterocycles. The summed E-state index contributed by atoms with van der Waals surface area (Å²) in [6.45, 7) is 3.33. The van der Waals surface area contributed by atoms with Crippen molar-refractivity contribution in [1.82, 2.24) is 9.55 Å². The van der Waals surface area contributed by atoms with Crippen molar-refractivity contribution < 1.29 is 13.9 Å². The maximum atomic E-state index is 13.6. The number of fused-ring (bicyclic) bond motifs is 1. The first kappa shape index (κ1) is 13.6. The zero-order valence-electron chi connectivity index (χ0n) is 11.3. The number of benzene rings is 1. The first-order valence-corrected chi connectivity index (χ1v) is 6.05. The number of anilines is 1. The minimum atomic E-state index is -0.440. The minimum absolute atomic E-state index is 0.188. The zero-order valence-corrected chi connectivity index (χ0v) is 11.3. The molecule has 104 valence electrons. The van der Waals surface area contributed by atoms with Gasteiger partial charge in [-0.3, -0.25) is 0 Å². The van der Waals surface area contributed by atoms with Crippen LogP contribution in [-0.2, 0) is 11.3 Å². The molecule has 0 aliphatic rings. The summed E-state index contributed by atoms with van der Waals surface area (Å²) in [5.41, 5.74) is 7.18. The Labute approximate surface area is 111 Å². The molecule has 0 saturated carbocycles. The second-order valence-corrected chi connectivity index (χ2v) is 4.62. The molecule has 0 bridgehead atoms. The first-order valence-electron chi connectivity index (χ1n) is 6.05. The topological polar surface area (TPSA) is 62.3 Å². The molecule has 0 spiro atoms. The summed E-state index contributed by atoms with van der Waals surface area (Å²) in [5.74, 6) is 0.393. The van der Waals surface area contributed by atoms with Gasteiger partial charge in [0, 0.05) is 25.8 Å². The highest BCUT2D eigenvalue weighted by Gasteiger charge is 2.14. The number of ether oxygens (including phenoxy) is 2.